The molecule has 1 aliphatic rings. The van der Waals surface area contributed by atoms with Crippen molar-refractivity contribution in [2.45, 2.75) is 57.6 Å². The fourth-order valence-corrected chi connectivity index (χ4v) is 2.02. The van der Waals surface area contributed by atoms with Crippen molar-refractivity contribution in [3.63, 3.8) is 0 Å². The zero-order valence-electron chi connectivity index (χ0n) is 11.1. The Labute approximate surface area is 106 Å². The molecule has 0 aromatic heterocycles. The SMILES string of the molecule is CC(C)(C)OC(=O)N1CCCCC1C(F)(F)CO. The van der Waals surface area contributed by atoms with Crippen molar-refractivity contribution in [2.75, 3.05) is 13.2 Å². The molecule has 0 aliphatic carbocycles. The summed E-state index contributed by atoms with van der Waals surface area (Å²) in [6.45, 7) is 4.06. The first-order chi connectivity index (χ1) is 8.17. The number of rotatable bonds is 2. The van der Waals surface area contributed by atoms with Crippen LogP contribution in [0.2, 0.25) is 0 Å². The molecule has 1 unspecified atom stereocenters. The topological polar surface area (TPSA) is 49.8 Å². The Morgan fingerprint density at radius 2 is 2.00 bits per heavy atom. The Morgan fingerprint density at radius 3 is 2.50 bits per heavy atom. The first-order valence-corrected chi connectivity index (χ1v) is 6.16. The first kappa shape index (κ1) is 15.1. The van der Waals surface area contributed by atoms with Crippen LogP contribution >= 0.6 is 0 Å². The average molecular weight is 265 g/mol. The number of likely N-dealkylation sites (tertiary alicyclic amines) is 1. The molecule has 0 aromatic carbocycles. The van der Waals surface area contributed by atoms with Crippen LogP contribution < -0.4 is 0 Å². The van der Waals surface area contributed by atoms with E-state index in [1.165, 1.54) is 0 Å². The molecule has 0 bridgehead atoms. The van der Waals surface area contributed by atoms with Gasteiger partial charge in [-0.25, -0.2) is 13.6 Å². The maximum absolute atomic E-state index is 13.6. The number of nitrogens with zero attached hydrogens (tertiary/aromatic N) is 1. The van der Waals surface area contributed by atoms with E-state index >= 15 is 0 Å². The van der Waals surface area contributed by atoms with Crippen LogP contribution in [0.4, 0.5) is 13.6 Å². The molecule has 1 amide bonds. The molecular weight excluding hydrogens is 244 g/mol. The highest BCUT2D eigenvalue weighted by atomic mass is 19.3. The zero-order chi connectivity index (χ0) is 14.0. The number of piperidine rings is 1. The minimum Gasteiger partial charge on any atom is -0.444 e. The zero-order valence-corrected chi connectivity index (χ0v) is 11.1. The van der Waals surface area contributed by atoms with E-state index in [1.54, 1.807) is 20.8 Å². The lowest BCUT2D eigenvalue weighted by Crippen LogP contribution is -2.55. The van der Waals surface area contributed by atoms with E-state index in [1.807, 2.05) is 0 Å². The fraction of sp³-hybridized carbons (Fsp3) is 0.917. The Kier molecular flexibility index (Phi) is 4.53. The Balaban J connectivity index is 2.80. The Morgan fingerprint density at radius 1 is 1.39 bits per heavy atom. The summed E-state index contributed by atoms with van der Waals surface area (Å²) in [6, 6.07) is -1.27. The summed E-state index contributed by atoms with van der Waals surface area (Å²) < 4.78 is 32.3. The summed E-state index contributed by atoms with van der Waals surface area (Å²) in [6.07, 6.45) is 0.754. The van der Waals surface area contributed by atoms with Crippen molar-refractivity contribution in [1.29, 1.82) is 0 Å². The smallest absolute Gasteiger partial charge is 0.410 e. The number of hydrogen-bond acceptors (Lipinski definition) is 3. The highest BCUT2D eigenvalue weighted by Gasteiger charge is 2.46. The van der Waals surface area contributed by atoms with Gasteiger partial charge < -0.3 is 9.84 Å². The van der Waals surface area contributed by atoms with E-state index in [2.05, 4.69) is 0 Å². The number of aliphatic hydroxyl groups is 1. The van der Waals surface area contributed by atoms with Crippen molar-refractivity contribution < 1.29 is 23.4 Å². The predicted molar refractivity (Wildman–Crippen MR) is 62.6 cm³/mol. The molecule has 6 heteroatoms. The number of carbonyl (C=O) groups excluding carboxylic acids is 1. The first-order valence-electron chi connectivity index (χ1n) is 6.16. The third-order valence-electron chi connectivity index (χ3n) is 2.83. The molecule has 1 rings (SSSR count). The maximum atomic E-state index is 13.6. The second-order valence-electron chi connectivity index (χ2n) is 5.60. The predicted octanol–water partition coefficient (Wildman–Crippen LogP) is 2.40. The summed E-state index contributed by atoms with van der Waals surface area (Å²) in [5, 5.41) is 8.75. The molecule has 1 atom stereocenters. The molecule has 1 heterocycles. The Bertz CT molecular complexity index is 302. The van der Waals surface area contributed by atoms with Gasteiger partial charge in [0.05, 0.1) is 0 Å². The van der Waals surface area contributed by atoms with Gasteiger partial charge in [-0.3, -0.25) is 4.90 Å². The van der Waals surface area contributed by atoms with E-state index in [0.29, 0.717) is 12.8 Å². The highest BCUT2D eigenvalue weighted by molar-refractivity contribution is 5.68. The van der Waals surface area contributed by atoms with Gasteiger partial charge in [0.2, 0.25) is 0 Å². The van der Waals surface area contributed by atoms with E-state index in [4.69, 9.17) is 9.84 Å². The minimum absolute atomic E-state index is 0.187. The van der Waals surface area contributed by atoms with Crippen LogP contribution in [0.5, 0.6) is 0 Å². The number of aliphatic hydroxyl groups excluding tert-OH is 1. The van der Waals surface area contributed by atoms with E-state index in [-0.39, 0.29) is 13.0 Å². The quantitative estimate of drug-likeness (QED) is 0.834. The van der Waals surface area contributed by atoms with Crippen LogP contribution in [-0.4, -0.2) is 46.8 Å². The monoisotopic (exact) mass is 265 g/mol. The highest BCUT2D eigenvalue weighted by Crippen LogP contribution is 2.31. The van der Waals surface area contributed by atoms with Crippen LogP contribution in [0.1, 0.15) is 40.0 Å². The van der Waals surface area contributed by atoms with Gasteiger partial charge >= 0.3 is 6.09 Å². The van der Waals surface area contributed by atoms with Crippen molar-refractivity contribution in [1.82, 2.24) is 4.90 Å². The van der Waals surface area contributed by atoms with Gasteiger partial charge in [0.1, 0.15) is 18.2 Å². The molecule has 0 aromatic rings. The molecule has 1 N–H and O–H groups in total. The minimum atomic E-state index is -3.28. The summed E-state index contributed by atoms with van der Waals surface area (Å²) >= 11 is 0. The third kappa shape index (κ3) is 3.80. The molecular formula is C12H21F2NO3. The van der Waals surface area contributed by atoms with Crippen molar-refractivity contribution in [2.24, 2.45) is 0 Å². The van der Waals surface area contributed by atoms with Gasteiger partial charge in [0.15, 0.2) is 0 Å². The van der Waals surface area contributed by atoms with Crippen LogP contribution in [0.15, 0.2) is 0 Å². The second kappa shape index (κ2) is 5.38. The third-order valence-corrected chi connectivity index (χ3v) is 2.83. The molecule has 4 nitrogen and oxygen atoms in total. The van der Waals surface area contributed by atoms with Crippen molar-refractivity contribution in [3.8, 4) is 0 Å². The molecule has 106 valence electrons. The number of hydrogen-bond donors (Lipinski definition) is 1. The van der Waals surface area contributed by atoms with Crippen LogP contribution in [0.3, 0.4) is 0 Å². The second-order valence-corrected chi connectivity index (χ2v) is 5.60. The lowest BCUT2D eigenvalue weighted by Gasteiger charge is -2.39. The largest absolute Gasteiger partial charge is 0.444 e. The van der Waals surface area contributed by atoms with Crippen molar-refractivity contribution in [3.05, 3.63) is 0 Å². The van der Waals surface area contributed by atoms with Crippen LogP contribution in [0.25, 0.3) is 0 Å². The van der Waals surface area contributed by atoms with Gasteiger partial charge in [-0.05, 0) is 40.0 Å². The molecule has 0 radical (unpaired) electrons. The van der Waals surface area contributed by atoms with Gasteiger partial charge in [-0.15, -0.1) is 0 Å². The fourth-order valence-electron chi connectivity index (χ4n) is 2.02. The molecule has 1 aliphatic heterocycles. The van der Waals surface area contributed by atoms with Crippen molar-refractivity contribution >= 4 is 6.09 Å². The number of ether oxygens (including phenoxy) is 1. The summed E-state index contributed by atoms with van der Waals surface area (Å²) in [4.78, 5) is 12.9. The van der Waals surface area contributed by atoms with Crippen LogP contribution in [-0.2, 0) is 4.74 Å². The van der Waals surface area contributed by atoms with E-state index in [0.717, 1.165) is 4.90 Å². The standard InChI is InChI=1S/C12H21F2NO3/c1-11(2,3)18-10(17)15-7-5-4-6-9(15)12(13,14)8-16/h9,16H,4-8H2,1-3H3. The van der Waals surface area contributed by atoms with Gasteiger partial charge in [-0.1, -0.05) is 0 Å². The number of amides is 1. The van der Waals surface area contributed by atoms with E-state index in [9.17, 15) is 13.6 Å². The number of alkyl halides is 2. The normalized spacial score (nSPS) is 21.9. The lowest BCUT2D eigenvalue weighted by molar-refractivity contribution is -0.122. The molecule has 1 fully saturated rings. The molecule has 1 saturated heterocycles. The van der Waals surface area contributed by atoms with Gasteiger partial charge in [-0.2, -0.15) is 0 Å². The number of halogens is 2. The maximum Gasteiger partial charge on any atom is 0.410 e. The Hall–Kier alpha value is -0.910. The molecule has 0 spiro atoms. The van der Waals surface area contributed by atoms with Gasteiger partial charge in [0, 0.05) is 6.54 Å². The lowest BCUT2D eigenvalue weighted by atomic mass is 9.97. The number of carbonyl (C=O) groups is 1. The summed E-state index contributed by atoms with van der Waals surface area (Å²) in [5.74, 6) is -3.28. The molecule has 0 saturated carbocycles. The summed E-state index contributed by atoms with van der Waals surface area (Å²) in [5.41, 5.74) is -0.715. The molecule has 18 heavy (non-hydrogen) atoms. The van der Waals surface area contributed by atoms with E-state index < -0.39 is 30.3 Å². The van der Waals surface area contributed by atoms with Crippen LogP contribution in [0, 0.1) is 0 Å². The average Bonchev–Trinajstić information content (AvgIpc) is 2.27. The van der Waals surface area contributed by atoms with Gasteiger partial charge in [0.25, 0.3) is 5.92 Å². The summed E-state index contributed by atoms with van der Waals surface area (Å²) in [7, 11) is 0.